The minimum Gasteiger partial charge on any atom is -0.507 e. The molecule has 4 heteroatoms. The van der Waals surface area contributed by atoms with Gasteiger partial charge in [-0.25, -0.2) is 0 Å². The molecule has 1 rings (SSSR count). The summed E-state index contributed by atoms with van der Waals surface area (Å²) in [5.41, 5.74) is 0.327. The second kappa shape index (κ2) is 9.01. The average molecular weight is 342 g/mol. The maximum atomic E-state index is 11.9. The topological polar surface area (TPSA) is 49.3 Å². The van der Waals surface area contributed by atoms with E-state index < -0.39 is 0 Å². The van der Waals surface area contributed by atoms with Crippen LogP contribution in [0.1, 0.15) is 56.3 Å². The third-order valence-electron chi connectivity index (χ3n) is 3.20. The van der Waals surface area contributed by atoms with Gasteiger partial charge in [0.2, 0.25) is 0 Å². The van der Waals surface area contributed by atoms with Gasteiger partial charge in [-0.3, -0.25) is 4.79 Å². The van der Waals surface area contributed by atoms with Crippen LogP contribution < -0.4 is 5.32 Å². The molecule has 0 heterocycles. The molecule has 0 bridgehead atoms. The summed E-state index contributed by atoms with van der Waals surface area (Å²) in [6, 6.07) is 4.90. The molecule has 20 heavy (non-hydrogen) atoms. The summed E-state index contributed by atoms with van der Waals surface area (Å²) < 4.78 is 0.761. The van der Waals surface area contributed by atoms with Gasteiger partial charge >= 0.3 is 0 Å². The number of unbranched alkanes of at least 4 members (excludes halogenated alkanes) is 3. The molecule has 112 valence electrons. The van der Waals surface area contributed by atoms with Gasteiger partial charge in [0.25, 0.3) is 5.91 Å². The molecule has 0 aliphatic rings. The monoisotopic (exact) mass is 341 g/mol. The maximum Gasteiger partial charge on any atom is 0.255 e. The van der Waals surface area contributed by atoms with E-state index in [0.717, 1.165) is 23.2 Å². The van der Waals surface area contributed by atoms with Gasteiger partial charge in [0.1, 0.15) is 5.75 Å². The first-order valence-electron chi connectivity index (χ1n) is 7.27. The minimum absolute atomic E-state index is 0.00816. The predicted octanol–water partition coefficient (Wildman–Crippen LogP) is 4.49. The van der Waals surface area contributed by atoms with Crippen molar-refractivity contribution in [2.75, 3.05) is 6.54 Å². The van der Waals surface area contributed by atoms with Crippen LogP contribution in [-0.2, 0) is 0 Å². The Morgan fingerprint density at radius 1 is 1.25 bits per heavy atom. The second-order valence-electron chi connectivity index (χ2n) is 5.51. The van der Waals surface area contributed by atoms with Gasteiger partial charge in [0, 0.05) is 11.0 Å². The molecular formula is C16H24BrNO2. The summed E-state index contributed by atoms with van der Waals surface area (Å²) in [5, 5.41) is 12.5. The van der Waals surface area contributed by atoms with Crippen LogP contribution in [0.3, 0.4) is 0 Å². The Balaban J connectivity index is 2.20. The first-order valence-corrected chi connectivity index (χ1v) is 8.06. The van der Waals surface area contributed by atoms with Gasteiger partial charge in [0.05, 0.1) is 5.56 Å². The summed E-state index contributed by atoms with van der Waals surface area (Å²) in [4.78, 5) is 11.9. The normalized spacial score (nSPS) is 10.8. The van der Waals surface area contributed by atoms with Crippen LogP contribution in [0.25, 0.3) is 0 Å². The number of nitrogens with one attached hydrogen (secondary N) is 1. The fourth-order valence-electron chi connectivity index (χ4n) is 2.03. The lowest BCUT2D eigenvalue weighted by Gasteiger charge is -2.07. The predicted molar refractivity (Wildman–Crippen MR) is 86.1 cm³/mol. The van der Waals surface area contributed by atoms with Crippen LogP contribution in [-0.4, -0.2) is 17.6 Å². The number of carbonyl (C=O) groups is 1. The first kappa shape index (κ1) is 17.0. The Morgan fingerprint density at radius 2 is 1.95 bits per heavy atom. The van der Waals surface area contributed by atoms with Crippen molar-refractivity contribution in [2.45, 2.75) is 46.0 Å². The highest BCUT2D eigenvalue weighted by Crippen LogP contribution is 2.22. The van der Waals surface area contributed by atoms with E-state index in [0.29, 0.717) is 12.1 Å². The Labute approximate surface area is 129 Å². The first-order chi connectivity index (χ1) is 9.50. The molecule has 0 unspecified atom stereocenters. The van der Waals surface area contributed by atoms with Gasteiger partial charge in [0.15, 0.2) is 0 Å². The molecule has 1 amide bonds. The van der Waals surface area contributed by atoms with E-state index in [9.17, 15) is 9.90 Å². The summed E-state index contributed by atoms with van der Waals surface area (Å²) in [7, 11) is 0. The molecular weight excluding hydrogens is 318 g/mol. The zero-order valence-corrected chi connectivity index (χ0v) is 13.9. The molecule has 0 atom stereocenters. The molecule has 0 aliphatic heterocycles. The largest absolute Gasteiger partial charge is 0.507 e. The zero-order chi connectivity index (χ0) is 15.0. The number of hydrogen-bond acceptors (Lipinski definition) is 2. The lowest BCUT2D eigenvalue weighted by atomic mass is 10.0. The van der Waals surface area contributed by atoms with Gasteiger partial charge in [-0.15, -0.1) is 0 Å². The van der Waals surface area contributed by atoms with Crippen molar-refractivity contribution >= 4 is 21.8 Å². The third-order valence-corrected chi connectivity index (χ3v) is 3.69. The van der Waals surface area contributed by atoms with E-state index in [1.54, 1.807) is 12.1 Å². The van der Waals surface area contributed by atoms with E-state index in [1.807, 2.05) is 0 Å². The molecule has 1 aromatic carbocycles. The van der Waals surface area contributed by atoms with Crippen molar-refractivity contribution in [1.29, 1.82) is 0 Å². The number of phenolic OH excluding ortho intramolecular Hbond substituents is 1. The fraction of sp³-hybridized carbons (Fsp3) is 0.562. The highest BCUT2D eigenvalue weighted by Gasteiger charge is 2.10. The van der Waals surface area contributed by atoms with Crippen LogP contribution in [0.4, 0.5) is 0 Å². The van der Waals surface area contributed by atoms with Crippen molar-refractivity contribution < 1.29 is 9.90 Å². The van der Waals surface area contributed by atoms with E-state index in [4.69, 9.17) is 0 Å². The number of aromatic hydroxyl groups is 1. The summed E-state index contributed by atoms with van der Waals surface area (Å²) in [5.74, 6) is 0.570. The van der Waals surface area contributed by atoms with Gasteiger partial charge in [-0.05, 0) is 30.5 Å². The Hall–Kier alpha value is -1.03. The second-order valence-corrected chi connectivity index (χ2v) is 6.43. The van der Waals surface area contributed by atoms with Crippen LogP contribution in [0.2, 0.25) is 0 Å². The quantitative estimate of drug-likeness (QED) is 0.684. The summed E-state index contributed by atoms with van der Waals surface area (Å²) in [6.45, 7) is 5.14. The van der Waals surface area contributed by atoms with Crippen LogP contribution in [0.15, 0.2) is 22.7 Å². The average Bonchev–Trinajstić information content (AvgIpc) is 2.37. The number of hydrogen-bond donors (Lipinski definition) is 2. The third kappa shape index (κ3) is 6.42. The fourth-order valence-corrected chi connectivity index (χ4v) is 2.37. The highest BCUT2D eigenvalue weighted by atomic mass is 79.9. The molecule has 3 nitrogen and oxygen atoms in total. The smallest absolute Gasteiger partial charge is 0.255 e. The van der Waals surface area contributed by atoms with Crippen molar-refractivity contribution in [3.05, 3.63) is 28.2 Å². The lowest BCUT2D eigenvalue weighted by molar-refractivity contribution is 0.0950. The van der Waals surface area contributed by atoms with E-state index in [2.05, 4.69) is 35.1 Å². The number of amides is 1. The highest BCUT2D eigenvalue weighted by molar-refractivity contribution is 9.10. The van der Waals surface area contributed by atoms with Crippen LogP contribution >= 0.6 is 15.9 Å². The van der Waals surface area contributed by atoms with Crippen molar-refractivity contribution in [2.24, 2.45) is 5.92 Å². The lowest BCUT2D eigenvalue weighted by Crippen LogP contribution is -2.24. The van der Waals surface area contributed by atoms with Gasteiger partial charge in [-0.1, -0.05) is 55.5 Å². The van der Waals surface area contributed by atoms with Gasteiger partial charge in [-0.2, -0.15) is 0 Å². The molecule has 0 saturated heterocycles. The van der Waals surface area contributed by atoms with Crippen molar-refractivity contribution in [3.8, 4) is 5.75 Å². The number of rotatable bonds is 8. The van der Waals surface area contributed by atoms with E-state index in [1.165, 1.54) is 25.3 Å². The van der Waals surface area contributed by atoms with Crippen LogP contribution in [0.5, 0.6) is 5.75 Å². The van der Waals surface area contributed by atoms with E-state index >= 15 is 0 Å². The van der Waals surface area contributed by atoms with Gasteiger partial charge < -0.3 is 10.4 Å². The van der Waals surface area contributed by atoms with Crippen LogP contribution in [0, 0.1) is 5.92 Å². The SMILES string of the molecule is CC(C)CCCCCCNC(=O)c1ccc(Br)cc1O. The molecule has 1 aromatic rings. The zero-order valence-electron chi connectivity index (χ0n) is 12.3. The summed E-state index contributed by atoms with van der Waals surface area (Å²) in [6.07, 6.45) is 5.89. The number of phenols is 1. The Bertz CT molecular complexity index is 432. The number of carbonyl (C=O) groups excluding carboxylic acids is 1. The molecule has 0 radical (unpaired) electrons. The molecule has 0 fully saturated rings. The molecule has 0 spiro atoms. The van der Waals surface area contributed by atoms with Crippen molar-refractivity contribution in [3.63, 3.8) is 0 Å². The number of benzene rings is 1. The molecule has 0 saturated carbocycles. The number of halogens is 1. The minimum atomic E-state index is -0.211. The Morgan fingerprint density at radius 3 is 2.60 bits per heavy atom. The Kier molecular flexibility index (Phi) is 7.67. The summed E-state index contributed by atoms with van der Waals surface area (Å²) >= 11 is 3.25. The van der Waals surface area contributed by atoms with Crippen molar-refractivity contribution in [1.82, 2.24) is 5.32 Å². The van der Waals surface area contributed by atoms with E-state index in [-0.39, 0.29) is 11.7 Å². The maximum absolute atomic E-state index is 11.9. The molecule has 2 N–H and O–H groups in total. The standard InChI is InChI=1S/C16H24BrNO2/c1-12(2)7-5-3-4-6-10-18-16(20)14-9-8-13(17)11-15(14)19/h8-9,11-12,19H,3-7,10H2,1-2H3,(H,18,20). The molecule has 0 aromatic heterocycles. The molecule has 0 aliphatic carbocycles.